The number of nitrogens with one attached hydrogen (secondary N) is 1. The number of hydrogen-bond donors (Lipinski definition) is 2. The maximum Gasteiger partial charge on any atom is 0.323 e. The van der Waals surface area contributed by atoms with Crippen LogP contribution in [0.15, 0.2) is 18.2 Å². The van der Waals surface area contributed by atoms with Crippen LogP contribution in [0.25, 0.3) is 10.9 Å². The summed E-state index contributed by atoms with van der Waals surface area (Å²) in [5.41, 5.74) is 3.54. The second-order valence-corrected chi connectivity index (χ2v) is 4.94. The standard InChI is InChI=1S/C15H18N2O3/c1-4-17(8-14(18)19)15(20)13-7-11-10(3)5-9(2)6-12(11)16-13/h5-7,16H,4,8H2,1-3H3,(H,18,19). The third-order valence-corrected chi connectivity index (χ3v) is 3.31. The van der Waals surface area contributed by atoms with Gasteiger partial charge in [-0.05, 0) is 44.0 Å². The first kappa shape index (κ1) is 14.1. The smallest absolute Gasteiger partial charge is 0.323 e. The molecule has 5 heteroatoms. The molecule has 0 radical (unpaired) electrons. The summed E-state index contributed by atoms with van der Waals surface area (Å²) in [6.45, 7) is 5.82. The number of amides is 1. The van der Waals surface area contributed by atoms with Crippen LogP contribution in [0.2, 0.25) is 0 Å². The molecule has 1 amide bonds. The van der Waals surface area contributed by atoms with Gasteiger partial charge in [0.15, 0.2) is 0 Å². The second-order valence-electron chi connectivity index (χ2n) is 4.94. The van der Waals surface area contributed by atoms with E-state index in [4.69, 9.17) is 5.11 Å². The zero-order chi connectivity index (χ0) is 14.9. The molecule has 0 saturated carbocycles. The monoisotopic (exact) mass is 274 g/mol. The number of carbonyl (C=O) groups is 2. The van der Waals surface area contributed by atoms with Gasteiger partial charge in [-0.15, -0.1) is 0 Å². The van der Waals surface area contributed by atoms with Gasteiger partial charge >= 0.3 is 5.97 Å². The molecule has 0 unspecified atom stereocenters. The Hall–Kier alpha value is -2.30. The summed E-state index contributed by atoms with van der Waals surface area (Å²) >= 11 is 0. The van der Waals surface area contributed by atoms with E-state index in [1.54, 1.807) is 13.0 Å². The normalized spacial score (nSPS) is 10.8. The van der Waals surface area contributed by atoms with Crippen molar-refractivity contribution in [2.45, 2.75) is 20.8 Å². The van der Waals surface area contributed by atoms with Crippen molar-refractivity contribution in [1.29, 1.82) is 0 Å². The van der Waals surface area contributed by atoms with Crippen molar-refractivity contribution < 1.29 is 14.7 Å². The number of nitrogens with zero attached hydrogens (tertiary/aromatic N) is 1. The number of benzene rings is 1. The van der Waals surface area contributed by atoms with Crippen molar-refractivity contribution in [1.82, 2.24) is 9.88 Å². The summed E-state index contributed by atoms with van der Waals surface area (Å²) in [7, 11) is 0. The van der Waals surface area contributed by atoms with E-state index in [0.29, 0.717) is 12.2 Å². The fourth-order valence-electron chi connectivity index (χ4n) is 2.38. The van der Waals surface area contributed by atoms with E-state index in [1.807, 2.05) is 19.9 Å². The molecule has 0 aliphatic rings. The van der Waals surface area contributed by atoms with Gasteiger partial charge in [-0.2, -0.15) is 0 Å². The average molecular weight is 274 g/mol. The Balaban J connectivity index is 2.39. The van der Waals surface area contributed by atoms with Crippen molar-refractivity contribution in [2.75, 3.05) is 13.1 Å². The lowest BCUT2D eigenvalue weighted by atomic mass is 10.1. The maximum absolute atomic E-state index is 12.3. The molecule has 2 aromatic rings. The zero-order valence-electron chi connectivity index (χ0n) is 11.9. The molecule has 0 aliphatic carbocycles. The number of aryl methyl sites for hydroxylation is 2. The van der Waals surface area contributed by atoms with E-state index < -0.39 is 5.97 Å². The molecule has 0 aliphatic heterocycles. The van der Waals surface area contributed by atoms with Gasteiger partial charge in [0.1, 0.15) is 12.2 Å². The molecule has 2 rings (SSSR count). The van der Waals surface area contributed by atoms with Crippen molar-refractivity contribution in [3.63, 3.8) is 0 Å². The van der Waals surface area contributed by atoms with Crippen LogP contribution in [-0.4, -0.2) is 40.0 Å². The number of aromatic amines is 1. The highest BCUT2D eigenvalue weighted by Crippen LogP contribution is 2.22. The van der Waals surface area contributed by atoms with Crippen molar-refractivity contribution >= 4 is 22.8 Å². The molecule has 0 bridgehead atoms. The van der Waals surface area contributed by atoms with Crippen molar-refractivity contribution in [3.8, 4) is 0 Å². The molecule has 1 heterocycles. The first-order chi connectivity index (χ1) is 9.42. The highest BCUT2D eigenvalue weighted by atomic mass is 16.4. The molecule has 0 fully saturated rings. The number of carboxylic acid groups (broad SMARTS) is 1. The van der Waals surface area contributed by atoms with E-state index in [9.17, 15) is 9.59 Å². The van der Waals surface area contributed by atoms with Gasteiger partial charge in [0, 0.05) is 17.4 Å². The Morgan fingerprint density at radius 3 is 2.55 bits per heavy atom. The number of carboxylic acids is 1. The Labute approximate surface area is 117 Å². The van der Waals surface area contributed by atoms with Crippen LogP contribution in [0.4, 0.5) is 0 Å². The predicted molar refractivity (Wildman–Crippen MR) is 77.0 cm³/mol. The summed E-state index contributed by atoms with van der Waals surface area (Å²) in [5, 5.41) is 9.82. The molecule has 0 atom stereocenters. The quantitative estimate of drug-likeness (QED) is 0.898. The number of fused-ring (bicyclic) bond motifs is 1. The van der Waals surface area contributed by atoms with Crippen LogP contribution in [-0.2, 0) is 4.79 Å². The fourth-order valence-corrected chi connectivity index (χ4v) is 2.38. The molecule has 0 spiro atoms. The van der Waals surface area contributed by atoms with E-state index in [-0.39, 0.29) is 12.5 Å². The number of hydrogen-bond acceptors (Lipinski definition) is 2. The third kappa shape index (κ3) is 2.66. The van der Waals surface area contributed by atoms with Gasteiger partial charge in [-0.25, -0.2) is 0 Å². The van der Waals surface area contributed by atoms with Crippen LogP contribution in [0.5, 0.6) is 0 Å². The highest BCUT2D eigenvalue weighted by molar-refractivity contribution is 5.99. The first-order valence-electron chi connectivity index (χ1n) is 6.53. The molecule has 2 N–H and O–H groups in total. The molecule has 5 nitrogen and oxygen atoms in total. The number of carbonyl (C=O) groups excluding carboxylic acids is 1. The van der Waals surface area contributed by atoms with E-state index in [0.717, 1.165) is 22.0 Å². The SMILES string of the molecule is CCN(CC(=O)O)C(=O)c1cc2c(C)cc(C)cc2[nH]1. The van der Waals surface area contributed by atoms with Crippen LogP contribution >= 0.6 is 0 Å². The molecule has 20 heavy (non-hydrogen) atoms. The van der Waals surface area contributed by atoms with Crippen LogP contribution in [0.1, 0.15) is 28.5 Å². The fraction of sp³-hybridized carbons (Fsp3) is 0.333. The molecule has 106 valence electrons. The topological polar surface area (TPSA) is 73.4 Å². The minimum absolute atomic E-state index is 0.289. The molecule has 1 aromatic heterocycles. The molecular weight excluding hydrogens is 256 g/mol. The Morgan fingerprint density at radius 2 is 1.95 bits per heavy atom. The summed E-state index contributed by atoms with van der Waals surface area (Å²) in [6.07, 6.45) is 0. The first-order valence-corrected chi connectivity index (χ1v) is 6.53. The number of H-pyrrole nitrogens is 1. The Morgan fingerprint density at radius 1 is 1.25 bits per heavy atom. The van der Waals surface area contributed by atoms with Crippen LogP contribution in [0, 0.1) is 13.8 Å². The molecule has 0 saturated heterocycles. The van der Waals surface area contributed by atoms with Gasteiger partial charge < -0.3 is 15.0 Å². The van der Waals surface area contributed by atoms with Gasteiger partial charge in [0.05, 0.1) is 0 Å². The van der Waals surface area contributed by atoms with Gasteiger partial charge in [-0.3, -0.25) is 9.59 Å². The zero-order valence-corrected chi connectivity index (χ0v) is 11.9. The van der Waals surface area contributed by atoms with E-state index in [2.05, 4.69) is 11.1 Å². The summed E-state index contributed by atoms with van der Waals surface area (Å²) in [6, 6.07) is 5.82. The number of rotatable bonds is 4. The van der Waals surface area contributed by atoms with E-state index in [1.165, 1.54) is 4.90 Å². The third-order valence-electron chi connectivity index (χ3n) is 3.31. The lowest BCUT2D eigenvalue weighted by Gasteiger charge is -2.17. The van der Waals surface area contributed by atoms with E-state index >= 15 is 0 Å². The lowest BCUT2D eigenvalue weighted by Crippen LogP contribution is -2.35. The number of aliphatic carboxylic acids is 1. The number of likely N-dealkylation sites (N-methyl/N-ethyl adjacent to an activating group) is 1. The Bertz CT molecular complexity index is 673. The maximum atomic E-state index is 12.3. The summed E-state index contributed by atoms with van der Waals surface area (Å²) in [4.78, 5) is 27.5. The summed E-state index contributed by atoms with van der Waals surface area (Å²) < 4.78 is 0. The van der Waals surface area contributed by atoms with Crippen LogP contribution < -0.4 is 0 Å². The minimum Gasteiger partial charge on any atom is -0.480 e. The average Bonchev–Trinajstić information content (AvgIpc) is 2.78. The van der Waals surface area contributed by atoms with Gasteiger partial charge in [0.25, 0.3) is 5.91 Å². The summed E-state index contributed by atoms with van der Waals surface area (Å²) in [5.74, 6) is -1.30. The Kier molecular flexibility index (Phi) is 3.79. The van der Waals surface area contributed by atoms with Crippen molar-refractivity contribution in [2.24, 2.45) is 0 Å². The van der Waals surface area contributed by atoms with Gasteiger partial charge in [-0.1, -0.05) is 6.07 Å². The number of aromatic nitrogens is 1. The predicted octanol–water partition coefficient (Wildman–Crippen LogP) is 2.33. The van der Waals surface area contributed by atoms with Gasteiger partial charge in [0.2, 0.25) is 0 Å². The minimum atomic E-state index is -1.01. The molecular formula is C15H18N2O3. The lowest BCUT2D eigenvalue weighted by molar-refractivity contribution is -0.137. The highest BCUT2D eigenvalue weighted by Gasteiger charge is 2.19. The van der Waals surface area contributed by atoms with Crippen molar-refractivity contribution in [3.05, 3.63) is 35.0 Å². The van der Waals surface area contributed by atoms with Crippen LogP contribution in [0.3, 0.4) is 0 Å². The second kappa shape index (κ2) is 5.36. The largest absolute Gasteiger partial charge is 0.480 e. The molecule has 1 aromatic carbocycles.